The molecule has 3 rings (SSSR count). The number of piperidine rings is 1. The highest BCUT2D eigenvalue weighted by molar-refractivity contribution is 5.94. The van der Waals surface area contributed by atoms with Gasteiger partial charge in [0.05, 0.1) is 5.56 Å². The highest BCUT2D eigenvalue weighted by Gasteiger charge is 2.33. The molecule has 0 bridgehead atoms. The smallest absolute Gasteiger partial charge is 0.340 e. The molecule has 2 fully saturated rings. The second-order valence-electron chi connectivity index (χ2n) is 6.29. The maximum Gasteiger partial charge on any atom is 0.416 e. The van der Waals surface area contributed by atoms with E-state index in [0.717, 1.165) is 37.9 Å². The maximum absolute atomic E-state index is 12.6. The minimum atomic E-state index is -4.40. The molecule has 130 valence electrons. The Labute approximate surface area is 138 Å². The molecular formula is C17H19F3N2O2. The Morgan fingerprint density at radius 3 is 2.17 bits per heavy atom. The number of carbonyl (C=O) groups excluding carboxylic acids is 2. The van der Waals surface area contributed by atoms with Gasteiger partial charge in [-0.05, 0) is 43.5 Å². The van der Waals surface area contributed by atoms with Crippen molar-refractivity contribution in [1.82, 2.24) is 9.80 Å². The largest absolute Gasteiger partial charge is 0.416 e. The molecule has 0 spiro atoms. The highest BCUT2D eigenvalue weighted by atomic mass is 19.4. The first-order valence-corrected chi connectivity index (χ1v) is 8.12. The number of rotatable bonds is 2. The summed E-state index contributed by atoms with van der Waals surface area (Å²) in [5, 5.41) is 0. The van der Waals surface area contributed by atoms with E-state index in [4.69, 9.17) is 0 Å². The summed E-state index contributed by atoms with van der Waals surface area (Å²) in [6, 6.07) is 4.49. The lowest BCUT2D eigenvalue weighted by molar-refractivity contribution is -0.137. The molecule has 0 saturated carbocycles. The van der Waals surface area contributed by atoms with Gasteiger partial charge in [0.25, 0.3) is 5.91 Å². The predicted octanol–water partition coefficient (Wildman–Crippen LogP) is 2.93. The fraction of sp³-hybridized carbons (Fsp3) is 0.529. The number of alkyl halides is 3. The number of benzene rings is 1. The van der Waals surface area contributed by atoms with Crippen LogP contribution in [0.3, 0.4) is 0 Å². The number of hydrogen-bond acceptors (Lipinski definition) is 2. The van der Waals surface area contributed by atoms with Gasteiger partial charge in [-0.25, -0.2) is 0 Å². The Kier molecular flexibility index (Phi) is 4.51. The molecule has 24 heavy (non-hydrogen) atoms. The summed E-state index contributed by atoms with van der Waals surface area (Å²) in [7, 11) is 0. The van der Waals surface area contributed by atoms with Crippen LogP contribution in [0, 0.1) is 0 Å². The van der Waals surface area contributed by atoms with Crippen LogP contribution in [0.2, 0.25) is 0 Å². The van der Waals surface area contributed by atoms with Crippen LogP contribution in [-0.2, 0) is 11.0 Å². The van der Waals surface area contributed by atoms with Crippen LogP contribution in [0.5, 0.6) is 0 Å². The minimum Gasteiger partial charge on any atom is -0.340 e. The van der Waals surface area contributed by atoms with Gasteiger partial charge in [0, 0.05) is 37.7 Å². The predicted molar refractivity (Wildman–Crippen MR) is 81.3 cm³/mol. The zero-order valence-electron chi connectivity index (χ0n) is 13.2. The summed E-state index contributed by atoms with van der Waals surface area (Å²) in [6.07, 6.45) is -1.47. The second kappa shape index (κ2) is 6.45. The minimum absolute atomic E-state index is 0.177. The molecule has 0 unspecified atom stereocenters. The van der Waals surface area contributed by atoms with Gasteiger partial charge in [-0.3, -0.25) is 9.59 Å². The summed E-state index contributed by atoms with van der Waals surface area (Å²) in [4.78, 5) is 27.7. The van der Waals surface area contributed by atoms with Gasteiger partial charge < -0.3 is 9.80 Å². The van der Waals surface area contributed by atoms with Gasteiger partial charge in [-0.2, -0.15) is 13.2 Å². The van der Waals surface area contributed by atoms with E-state index in [2.05, 4.69) is 0 Å². The van der Waals surface area contributed by atoms with Crippen LogP contribution < -0.4 is 0 Å². The van der Waals surface area contributed by atoms with Gasteiger partial charge >= 0.3 is 6.18 Å². The Morgan fingerprint density at radius 2 is 1.67 bits per heavy atom. The fourth-order valence-corrected chi connectivity index (χ4v) is 3.42. The molecular weight excluding hydrogens is 321 g/mol. The molecule has 0 aromatic heterocycles. The third-order valence-electron chi connectivity index (χ3n) is 4.76. The Hall–Kier alpha value is -2.05. The summed E-state index contributed by atoms with van der Waals surface area (Å²) >= 11 is 0. The SMILES string of the molecule is O=C(c1ccc(C(F)(F)F)cc1)N1CCC(N2CCCC2=O)CC1. The van der Waals surface area contributed by atoms with Crippen LogP contribution in [0.15, 0.2) is 24.3 Å². The van der Waals surface area contributed by atoms with Gasteiger partial charge in [0.15, 0.2) is 0 Å². The summed E-state index contributed by atoms with van der Waals surface area (Å²) in [5.41, 5.74) is -0.496. The van der Waals surface area contributed by atoms with Crippen molar-refractivity contribution >= 4 is 11.8 Å². The lowest BCUT2D eigenvalue weighted by Gasteiger charge is -2.36. The number of halogens is 3. The van der Waals surface area contributed by atoms with Crippen molar-refractivity contribution in [3.05, 3.63) is 35.4 Å². The first-order valence-electron chi connectivity index (χ1n) is 8.12. The molecule has 2 saturated heterocycles. The van der Waals surface area contributed by atoms with Crippen LogP contribution in [0.1, 0.15) is 41.6 Å². The Morgan fingerprint density at radius 1 is 1.04 bits per heavy atom. The third-order valence-corrected chi connectivity index (χ3v) is 4.76. The van der Waals surface area contributed by atoms with Crippen molar-refractivity contribution in [2.24, 2.45) is 0 Å². The summed E-state index contributed by atoms with van der Waals surface area (Å²) in [5.74, 6) is -0.0718. The summed E-state index contributed by atoms with van der Waals surface area (Å²) in [6.45, 7) is 1.83. The average molecular weight is 340 g/mol. The van der Waals surface area contributed by atoms with Gasteiger partial charge in [0.1, 0.15) is 0 Å². The van der Waals surface area contributed by atoms with E-state index in [1.165, 1.54) is 12.1 Å². The van der Waals surface area contributed by atoms with E-state index in [0.29, 0.717) is 19.5 Å². The first kappa shape index (κ1) is 16.8. The van der Waals surface area contributed by atoms with Crippen molar-refractivity contribution in [1.29, 1.82) is 0 Å². The number of hydrogen-bond donors (Lipinski definition) is 0. The van der Waals surface area contributed by atoms with E-state index in [1.54, 1.807) is 4.90 Å². The van der Waals surface area contributed by atoms with Crippen molar-refractivity contribution in [3.8, 4) is 0 Å². The van der Waals surface area contributed by atoms with Gasteiger partial charge in [0.2, 0.25) is 5.91 Å². The normalized spacial score (nSPS) is 19.9. The number of carbonyl (C=O) groups is 2. The van der Waals surface area contributed by atoms with Crippen molar-refractivity contribution in [2.45, 2.75) is 37.9 Å². The van der Waals surface area contributed by atoms with Crippen LogP contribution >= 0.6 is 0 Å². The molecule has 1 aromatic carbocycles. The molecule has 0 atom stereocenters. The lowest BCUT2D eigenvalue weighted by atomic mass is 10.0. The van der Waals surface area contributed by atoms with E-state index < -0.39 is 11.7 Å². The Balaban J connectivity index is 1.60. The molecule has 4 nitrogen and oxygen atoms in total. The Bertz CT molecular complexity index is 620. The summed E-state index contributed by atoms with van der Waals surface area (Å²) < 4.78 is 37.7. The van der Waals surface area contributed by atoms with Gasteiger partial charge in [-0.15, -0.1) is 0 Å². The van der Waals surface area contributed by atoms with Crippen LogP contribution in [-0.4, -0.2) is 47.3 Å². The third kappa shape index (κ3) is 3.39. The van der Waals surface area contributed by atoms with Crippen LogP contribution in [0.4, 0.5) is 13.2 Å². The van der Waals surface area contributed by atoms with E-state index in [-0.39, 0.29) is 23.4 Å². The molecule has 7 heteroatoms. The second-order valence-corrected chi connectivity index (χ2v) is 6.29. The topological polar surface area (TPSA) is 40.6 Å². The molecule has 2 aliphatic heterocycles. The van der Waals surface area contributed by atoms with E-state index in [9.17, 15) is 22.8 Å². The number of nitrogens with zero attached hydrogens (tertiary/aromatic N) is 2. The maximum atomic E-state index is 12.6. The molecule has 2 heterocycles. The monoisotopic (exact) mass is 340 g/mol. The molecule has 1 aromatic rings. The quantitative estimate of drug-likeness (QED) is 0.831. The molecule has 2 aliphatic rings. The van der Waals surface area contributed by atoms with Crippen molar-refractivity contribution in [2.75, 3.05) is 19.6 Å². The number of likely N-dealkylation sites (tertiary alicyclic amines) is 2. The standard InChI is InChI=1S/C17H19F3N2O2/c18-17(19,20)13-5-3-12(4-6-13)16(24)21-10-7-14(8-11-21)22-9-1-2-15(22)23/h3-6,14H,1-2,7-11H2. The average Bonchev–Trinajstić information content (AvgIpc) is 3.00. The van der Waals surface area contributed by atoms with Crippen LogP contribution in [0.25, 0.3) is 0 Å². The highest BCUT2D eigenvalue weighted by Crippen LogP contribution is 2.29. The van der Waals surface area contributed by atoms with Gasteiger partial charge in [-0.1, -0.05) is 0 Å². The lowest BCUT2D eigenvalue weighted by Crippen LogP contribution is -2.47. The zero-order valence-corrected chi connectivity index (χ0v) is 13.2. The van der Waals surface area contributed by atoms with Crippen molar-refractivity contribution in [3.63, 3.8) is 0 Å². The van der Waals surface area contributed by atoms with Crippen molar-refractivity contribution < 1.29 is 22.8 Å². The number of amides is 2. The molecule has 0 aliphatic carbocycles. The molecule has 2 amide bonds. The zero-order chi connectivity index (χ0) is 17.3. The first-order chi connectivity index (χ1) is 11.4. The molecule has 0 N–H and O–H groups in total. The molecule has 0 radical (unpaired) electrons. The van der Waals surface area contributed by atoms with E-state index in [1.807, 2.05) is 4.90 Å². The van der Waals surface area contributed by atoms with E-state index >= 15 is 0 Å². The fourth-order valence-electron chi connectivity index (χ4n) is 3.42.